The molecule has 0 saturated carbocycles. The lowest BCUT2D eigenvalue weighted by Gasteiger charge is -2.24. The average Bonchev–Trinajstić information content (AvgIpc) is 2.83. The van der Waals surface area contributed by atoms with Gasteiger partial charge in [0, 0.05) is 29.0 Å². The fourth-order valence-electron chi connectivity index (χ4n) is 3.52. The summed E-state index contributed by atoms with van der Waals surface area (Å²) in [7, 11) is 0. The standard InChI is InChI=1S/C23H16ClF3N4O3S/c24-13-4-6-16(23(32)30-19(12-25)15-7-5-14(26)11-17(15)27)21(10-13)31(35(33)34)20-3-1-2-18-22(20)29-9-8-28-18/h1-11,19H,12H2,(H,30,32)(H,33,34). The van der Waals surface area contributed by atoms with Gasteiger partial charge in [0.2, 0.25) is 0 Å². The fraction of sp³-hybridized carbons (Fsp3) is 0.0870. The van der Waals surface area contributed by atoms with E-state index in [1.807, 2.05) is 0 Å². The van der Waals surface area contributed by atoms with E-state index < -0.39 is 41.5 Å². The number of amides is 1. The first-order chi connectivity index (χ1) is 16.8. The van der Waals surface area contributed by atoms with Crippen molar-refractivity contribution < 1.29 is 26.7 Å². The van der Waals surface area contributed by atoms with E-state index in [2.05, 4.69) is 15.3 Å². The third-order valence-electron chi connectivity index (χ3n) is 5.07. The van der Waals surface area contributed by atoms with Crippen LogP contribution in [0.1, 0.15) is 22.0 Å². The van der Waals surface area contributed by atoms with E-state index in [0.29, 0.717) is 11.6 Å². The van der Waals surface area contributed by atoms with Crippen molar-refractivity contribution in [1.29, 1.82) is 0 Å². The molecule has 2 atom stereocenters. The molecule has 180 valence electrons. The Kier molecular flexibility index (Phi) is 7.29. The molecule has 0 spiro atoms. The van der Waals surface area contributed by atoms with Crippen LogP contribution in [0.3, 0.4) is 0 Å². The van der Waals surface area contributed by atoms with Crippen molar-refractivity contribution in [1.82, 2.24) is 15.3 Å². The Morgan fingerprint density at radius 3 is 2.57 bits per heavy atom. The number of nitrogens with zero attached hydrogens (tertiary/aromatic N) is 3. The zero-order valence-electron chi connectivity index (χ0n) is 17.7. The third-order valence-corrected chi connectivity index (χ3v) is 6.01. The van der Waals surface area contributed by atoms with E-state index in [1.54, 1.807) is 12.1 Å². The van der Waals surface area contributed by atoms with Crippen molar-refractivity contribution in [2.24, 2.45) is 0 Å². The highest BCUT2D eigenvalue weighted by atomic mass is 35.5. The summed E-state index contributed by atoms with van der Waals surface area (Å²) in [6.07, 6.45) is 2.86. The average molecular weight is 521 g/mol. The van der Waals surface area contributed by atoms with Gasteiger partial charge in [0.15, 0.2) is 0 Å². The summed E-state index contributed by atoms with van der Waals surface area (Å²) in [6.45, 7) is -1.19. The van der Waals surface area contributed by atoms with Gasteiger partial charge in [-0.05, 0) is 36.4 Å². The molecule has 0 aliphatic carbocycles. The van der Waals surface area contributed by atoms with E-state index in [1.165, 1.54) is 36.7 Å². The minimum absolute atomic E-state index is 0.0915. The van der Waals surface area contributed by atoms with Crippen LogP contribution < -0.4 is 9.62 Å². The van der Waals surface area contributed by atoms with Crippen LogP contribution in [0.4, 0.5) is 24.5 Å². The van der Waals surface area contributed by atoms with Crippen molar-refractivity contribution in [3.05, 3.63) is 94.8 Å². The second-order valence-corrected chi connectivity index (χ2v) is 8.50. The number of rotatable bonds is 7. The molecule has 0 fully saturated rings. The summed E-state index contributed by atoms with van der Waals surface area (Å²) in [5.74, 6) is -2.77. The van der Waals surface area contributed by atoms with Gasteiger partial charge in [-0.3, -0.25) is 19.3 Å². The molecule has 2 N–H and O–H groups in total. The number of alkyl halides is 1. The summed E-state index contributed by atoms with van der Waals surface area (Å²) in [6, 6.07) is 9.78. The molecule has 0 radical (unpaired) electrons. The molecular weight excluding hydrogens is 505 g/mol. The van der Waals surface area contributed by atoms with Gasteiger partial charge in [0.05, 0.1) is 28.5 Å². The largest absolute Gasteiger partial charge is 0.342 e. The summed E-state index contributed by atoms with van der Waals surface area (Å²) >= 11 is 3.43. The van der Waals surface area contributed by atoms with Gasteiger partial charge < -0.3 is 5.32 Å². The third kappa shape index (κ3) is 5.11. The predicted molar refractivity (Wildman–Crippen MR) is 126 cm³/mol. The Balaban J connectivity index is 1.79. The number of carbonyl (C=O) groups is 1. The summed E-state index contributed by atoms with van der Waals surface area (Å²) in [4.78, 5) is 21.6. The number of fused-ring (bicyclic) bond motifs is 1. The predicted octanol–water partition coefficient (Wildman–Crippen LogP) is 5.28. The maximum Gasteiger partial charge on any atom is 0.266 e. The molecule has 1 heterocycles. The smallest absolute Gasteiger partial charge is 0.266 e. The van der Waals surface area contributed by atoms with E-state index in [4.69, 9.17) is 11.6 Å². The molecule has 0 saturated heterocycles. The molecule has 1 amide bonds. The highest BCUT2D eigenvalue weighted by molar-refractivity contribution is 7.81. The highest BCUT2D eigenvalue weighted by Crippen LogP contribution is 2.35. The molecule has 35 heavy (non-hydrogen) atoms. The van der Waals surface area contributed by atoms with Gasteiger partial charge in [-0.2, -0.15) is 0 Å². The molecule has 3 aromatic carbocycles. The Morgan fingerprint density at radius 1 is 1.09 bits per heavy atom. The van der Waals surface area contributed by atoms with Crippen LogP contribution in [0, 0.1) is 11.6 Å². The molecule has 0 aliphatic rings. The molecule has 4 rings (SSSR count). The number of hydrogen-bond acceptors (Lipinski definition) is 4. The zero-order chi connectivity index (χ0) is 25.1. The van der Waals surface area contributed by atoms with Crippen LogP contribution in [0.2, 0.25) is 5.02 Å². The first kappa shape index (κ1) is 24.6. The topological polar surface area (TPSA) is 95.4 Å². The summed E-state index contributed by atoms with van der Waals surface area (Å²) in [5, 5.41) is 2.49. The van der Waals surface area contributed by atoms with Crippen molar-refractivity contribution in [3.63, 3.8) is 0 Å². The minimum atomic E-state index is -2.70. The number of carbonyl (C=O) groups excluding carboxylic acids is 1. The SMILES string of the molecule is O=C(NC(CF)c1ccc(F)cc1F)c1ccc(Cl)cc1N(c1cccc2nccnc12)S(=O)O. The Labute approximate surface area is 205 Å². The van der Waals surface area contributed by atoms with Crippen LogP contribution in [-0.2, 0) is 11.3 Å². The van der Waals surface area contributed by atoms with Gasteiger partial charge in [-0.1, -0.05) is 23.7 Å². The number of anilines is 2. The molecule has 4 aromatic rings. The van der Waals surface area contributed by atoms with Crippen molar-refractivity contribution >= 4 is 51.2 Å². The Bertz CT molecular complexity index is 1440. The first-order valence-corrected chi connectivity index (χ1v) is 11.5. The molecule has 1 aromatic heterocycles. The molecule has 12 heteroatoms. The maximum atomic E-state index is 14.2. The fourth-order valence-corrected chi connectivity index (χ4v) is 4.32. The Morgan fingerprint density at radius 2 is 1.86 bits per heavy atom. The molecule has 2 unspecified atom stereocenters. The minimum Gasteiger partial charge on any atom is -0.342 e. The van der Waals surface area contributed by atoms with Crippen LogP contribution in [0.5, 0.6) is 0 Å². The highest BCUT2D eigenvalue weighted by Gasteiger charge is 2.27. The lowest BCUT2D eigenvalue weighted by molar-refractivity contribution is 0.0929. The van der Waals surface area contributed by atoms with Crippen LogP contribution >= 0.6 is 11.6 Å². The van der Waals surface area contributed by atoms with E-state index in [-0.39, 0.29) is 33.0 Å². The van der Waals surface area contributed by atoms with Gasteiger partial charge in [-0.25, -0.2) is 21.7 Å². The zero-order valence-corrected chi connectivity index (χ0v) is 19.2. The maximum absolute atomic E-state index is 14.2. The van der Waals surface area contributed by atoms with E-state index in [9.17, 15) is 26.7 Å². The monoisotopic (exact) mass is 520 g/mol. The van der Waals surface area contributed by atoms with E-state index >= 15 is 0 Å². The van der Waals surface area contributed by atoms with Crippen molar-refractivity contribution in [2.75, 3.05) is 11.0 Å². The number of hydrogen-bond donors (Lipinski definition) is 2. The van der Waals surface area contributed by atoms with E-state index in [0.717, 1.165) is 16.4 Å². The summed E-state index contributed by atoms with van der Waals surface area (Å²) in [5.41, 5.74) is 0.352. The normalized spacial score (nSPS) is 12.8. The molecule has 7 nitrogen and oxygen atoms in total. The van der Waals surface area contributed by atoms with Crippen LogP contribution in [0.25, 0.3) is 11.0 Å². The number of halogens is 4. The second kappa shape index (κ2) is 10.4. The Hall–Kier alpha value is -3.54. The number of benzene rings is 3. The lowest BCUT2D eigenvalue weighted by Crippen LogP contribution is -2.32. The van der Waals surface area contributed by atoms with Gasteiger partial charge >= 0.3 is 0 Å². The lowest BCUT2D eigenvalue weighted by atomic mass is 10.1. The molecule has 0 bridgehead atoms. The second-order valence-electron chi connectivity index (χ2n) is 7.23. The number of para-hydroxylation sites is 1. The van der Waals surface area contributed by atoms with Gasteiger partial charge in [0.1, 0.15) is 23.8 Å². The van der Waals surface area contributed by atoms with Crippen LogP contribution in [-0.4, -0.2) is 31.3 Å². The first-order valence-electron chi connectivity index (χ1n) is 10.0. The van der Waals surface area contributed by atoms with Crippen molar-refractivity contribution in [3.8, 4) is 0 Å². The quantitative estimate of drug-likeness (QED) is 0.323. The van der Waals surface area contributed by atoms with Gasteiger partial charge in [-0.15, -0.1) is 0 Å². The van der Waals surface area contributed by atoms with Crippen LogP contribution in [0.15, 0.2) is 67.0 Å². The molecule has 0 aliphatic heterocycles. The summed E-state index contributed by atoms with van der Waals surface area (Å²) < 4.78 is 64.8. The van der Waals surface area contributed by atoms with Gasteiger partial charge in [0.25, 0.3) is 17.2 Å². The molecular formula is C23H16ClF3N4O3S. The number of aromatic nitrogens is 2. The van der Waals surface area contributed by atoms with Crippen molar-refractivity contribution in [2.45, 2.75) is 6.04 Å². The number of nitrogens with one attached hydrogen (secondary N) is 1.